The van der Waals surface area contributed by atoms with Crippen LogP contribution in [0.15, 0.2) is 23.1 Å². The summed E-state index contributed by atoms with van der Waals surface area (Å²) in [5.74, 6) is -1.11. The van der Waals surface area contributed by atoms with Gasteiger partial charge < -0.3 is 18.9 Å². The second-order valence-electron chi connectivity index (χ2n) is 4.44. The maximum atomic E-state index is 12.7. The van der Waals surface area contributed by atoms with Crippen LogP contribution < -0.4 is 9.47 Å². The van der Waals surface area contributed by atoms with E-state index < -0.39 is 35.1 Å². The fourth-order valence-electron chi connectivity index (χ4n) is 1.77. The Labute approximate surface area is 140 Å². The molecule has 0 aliphatic carbocycles. The predicted octanol–water partition coefficient (Wildman–Crippen LogP) is 0.0405. The van der Waals surface area contributed by atoms with E-state index in [2.05, 4.69) is 9.47 Å². The first-order valence-corrected chi connectivity index (χ1v) is 8.10. The third-order valence-electron chi connectivity index (χ3n) is 3.06. The zero-order valence-corrected chi connectivity index (χ0v) is 14.6. The van der Waals surface area contributed by atoms with Crippen molar-refractivity contribution in [2.75, 3.05) is 41.5 Å². The highest BCUT2D eigenvalue weighted by molar-refractivity contribution is 7.89. The smallest absolute Gasteiger partial charge is 0.321 e. The highest BCUT2D eigenvalue weighted by Crippen LogP contribution is 2.30. The van der Waals surface area contributed by atoms with E-state index in [1.165, 1.54) is 32.4 Å². The summed E-state index contributed by atoms with van der Waals surface area (Å²) in [7, 11) is 0.818. The molecule has 0 bridgehead atoms. The normalized spacial score (nSPS) is 11.0. The number of sulfonamides is 1. The van der Waals surface area contributed by atoms with Gasteiger partial charge in [-0.1, -0.05) is 0 Å². The van der Waals surface area contributed by atoms with Gasteiger partial charge in [0.1, 0.15) is 13.1 Å². The summed E-state index contributed by atoms with van der Waals surface area (Å²) in [5.41, 5.74) is 0. The van der Waals surface area contributed by atoms with Crippen LogP contribution in [0.5, 0.6) is 11.5 Å². The zero-order chi connectivity index (χ0) is 18.3. The minimum absolute atomic E-state index is 0.173. The molecule has 134 valence electrons. The van der Waals surface area contributed by atoms with Crippen LogP contribution in [0.2, 0.25) is 0 Å². The highest BCUT2D eigenvalue weighted by atomic mass is 32.2. The fraction of sp³-hybridized carbons (Fsp3) is 0.429. The fourth-order valence-corrected chi connectivity index (χ4v) is 3.11. The van der Waals surface area contributed by atoms with Crippen molar-refractivity contribution in [1.29, 1.82) is 0 Å². The summed E-state index contributed by atoms with van der Waals surface area (Å²) >= 11 is 0. The first-order chi connectivity index (χ1) is 11.3. The summed E-state index contributed by atoms with van der Waals surface area (Å²) in [6.07, 6.45) is 0. The predicted molar refractivity (Wildman–Crippen MR) is 82.3 cm³/mol. The van der Waals surface area contributed by atoms with Gasteiger partial charge in [-0.3, -0.25) is 9.59 Å². The maximum Gasteiger partial charge on any atom is 0.321 e. The molecule has 0 N–H and O–H groups in total. The number of carbonyl (C=O) groups is 2. The van der Waals surface area contributed by atoms with E-state index in [1.54, 1.807) is 0 Å². The summed E-state index contributed by atoms with van der Waals surface area (Å²) in [6, 6.07) is 3.91. The average molecular weight is 361 g/mol. The van der Waals surface area contributed by atoms with E-state index >= 15 is 0 Å². The van der Waals surface area contributed by atoms with Crippen molar-refractivity contribution in [3.05, 3.63) is 18.2 Å². The molecule has 0 amide bonds. The molecular weight excluding hydrogens is 342 g/mol. The molecule has 1 aromatic carbocycles. The van der Waals surface area contributed by atoms with Crippen LogP contribution in [0.3, 0.4) is 0 Å². The van der Waals surface area contributed by atoms with Gasteiger partial charge in [0.15, 0.2) is 11.5 Å². The Hall–Kier alpha value is -2.33. The largest absolute Gasteiger partial charge is 0.493 e. The molecule has 0 aromatic heterocycles. The number of nitrogens with zero attached hydrogens (tertiary/aromatic N) is 1. The molecule has 0 saturated heterocycles. The van der Waals surface area contributed by atoms with Gasteiger partial charge in [0.05, 0.1) is 33.3 Å². The van der Waals surface area contributed by atoms with Crippen molar-refractivity contribution >= 4 is 22.0 Å². The van der Waals surface area contributed by atoms with Crippen molar-refractivity contribution in [1.82, 2.24) is 4.31 Å². The molecule has 0 radical (unpaired) electrons. The van der Waals surface area contributed by atoms with Crippen LogP contribution in [0.4, 0.5) is 0 Å². The third kappa shape index (κ3) is 4.59. The van der Waals surface area contributed by atoms with Crippen LogP contribution >= 0.6 is 0 Å². The van der Waals surface area contributed by atoms with E-state index in [0.29, 0.717) is 10.1 Å². The van der Waals surface area contributed by atoms with Crippen LogP contribution in [0.1, 0.15) is 0 Å². The van der Waals surface area contributed by atoms with E-state index in [4.69, 9.17) is 9.47 Å². The van der Waals surface area contributed by atoms with E-state index in [0.717, 1.165) is 14.2 Å². The van der Waals surface area contributed by atoms with Crippen molar-refractivity contribution < 1.29 is 37.0 Å². The molecule has 0 aliphatic heterocycles. The topological polar surface area (TPSA) is 108 Å². The first kappa shape index (κ1) is 19.7. The molecule has 0 aliphatic rings. The molecule has 0 saturated carbocycles. The lowest BCUT2D eigenvalue weighted by atomic mass is 10.3. The number of carbonyl (C=O) groups excluding carboxylic acids is 2. The number of hydrogen-bond acceptors (Lipinski definition) is 8. The molecule has 0 fully saturated rings. The van der Waals surface area contributed by atoms with Crippen molar-refractivity contribution in [2.24, 2.45) is 0 Å². The Morgan fingerprint density at radius 1 is 0.917 bits per heavy atom. The number of esters is 2. The molecular formula is C14H19NO8S. The van der Waals surface area contributed by atoms with E-state index in [1.807, 2.05) is 0 Å². The number of hydrogen-bond donors (Lipinski definition) is 0. The number of rotatable bonds is 8. The van der Waals surface area contributed by atoms with Crippen LogP contribution in [-0.2, 0) is 29.1 Å². The Kier molecular flexibility index (Phi) is 6.98. The van der Waals surface area contributed by atoms with Crippen molar-refractivity contribution in [3.8, 4) is 11.5 Å². The molecule has 1 aromatic rings. The van der Waals surface area contributed by atoms with Gasteiger partial charge in [-0.15, -0.1) is 0 Å². The molecule has 0 heterocycles. The number of ether oxygens (including phenoxy) is 4. The highest BCUT2D eigenvalue weighted by Gasteiger charge is 2.30. The lowest BCUT2D eigenvalue weighted by Crippen LogP contribution is -2.40. The lowest BCUT2D eigenvalue weighted by molar-refractivity contribution is -0.143. The minimum Gasteiger partial charge on any atom is -0.493 e. The second kappa shape index (κ2) is 8.50. The SMILES string of the molecule is COC(=O)CN(CC(=O)OC)S(=O)(=O)c1ccc(OC)c(OC)c1. The first-order valence-electron chi connectivity index (χ1n) is 6.66. The van der Waals surface area contributed by atoms with Gasteiger partial charge in [-0.2, -0.15) is 4.31 Å². The standard InChI is InChI=1S/C14H19NO8S/c1-20-11-6-5-10(7-12(11)21-2)24(18,19)15(8-13(16)22-3)9-14(17)23-4/h5-7H,8-9H2,1-4H3. The Bertz CT molecular complexity index is 683. The second-order valence-corrected chi connectivity index (χ2v) is 6.38. The Morgan fingerprint density at radius 2 is 1.42 bits per heavy atom. The van der Waals surface area contributed by atoms with Crippen LogP contribution in [-0.4, -0.2) is 66.2 Å². The molecule has 0 unspecified atom stereocenters. The van der Waals surface area contributed by atoms with E-state index in [9.17, 15) is 18.0 Å². The zero-order valence-electron chi connectivity index (χ0n) is 13.8. The van der Waals surface area contributed by atoms with Gasteiger partial charge in [0.25, 0.3) is 0 Å². The Balaban J connectivity index is 3.28. The average Bonchev–Trinajstić information content (AvgIpc) is 2.59. The van der Waals surface area contributed by atoms with Gasteiger partial charge in [-0.25, -0.2) is 8.42 Å². The van der Waals surface area contributed by atoms with Crippen LogP contribution in [0.25, 0.3) is 0 Å². The van der Waals surface area contributed by atoms with Gasteiger partial charge in [0.2, 0.25) is 10.0 Å². The number of benzene rings is 1. The molecule has 0 atom stereocenters. The van der Waals surface area contributed by atoms with Gasteiger partial charge in [0, 0.05) is 6.07 Å². The quantitative estimate of drug-likeness (QED) is 0.597. The molecule has 24 heavy (non-hydrogen) atoms. The molecule has 10 heteroatoms. The summed E-state index contributed by atoms with van der Waals surface area (Å²) in [4.78, 5) is 22.8. The summed E-state index contributed by atoms with van der Waals surface area (Å²) in [6.45, 7) is -1.27. The molecule has 0 spiro atoms. The maximum absolute atomic E-state index is 12.7. The van der Waals surface area contributed by atoms with Gasteiger partial charge in [-0.05, 0) is 12.1 Å². The molecule has 1 rings (SSSR count). The third-order valence-corrected chi connectivity index (χ3v) is 4.85. The lowest BCUT2D eigenvalue weighted by Gasteiger charge is -2.20. The number of methoxy groups -OCH3 is 4. The minimum atomic E-state index is -4.17. The van der Waals surface area contributed by atoms with Gasteiger partial charge >= 0.3 is 11.9 Å². The monoisotopic (exact) mass is 361 g/mol. The van der Waals surface area contributed by atoms with Crippen LogP contribution in [0, 0.1) is 0 Å². The molecule has 9 nitrogen and oxygen atoms in total. The summed E-state index contributed by atoms with van der Waals surface area (Å²) in [5, 5.41) is 0. The Morgan fingerprint density at radius 3 is 1.83 bits per heavy atom. The van der Waals surface area contributed by atoms with Crippen molar-refractivity contribution in [2.45, 2.75) is 4.90 Å². The van der Waals surface area contributed by atoms with E-state index in [-0.39, 0.29) is 10.6 Å². The van der Waals surface area contributed by atoms with Crippen molar-refractivity contribution in [3.63, 3.8) is 0 Å². The summed E-state index contributed by atoms with van der Waals surface area (Å²) < 4.78 is 45.1.